The Balaban J connectivity index is 1.96. The third kappa shape index (κ3) is 5.12. The molecule has 6 heteroatoms. The van der Waals surface area contributed by atoms with Crippen molar-refractivity contribution in [2.75, 3.05) is 26.0 Å². The van der Waals surface area contributed by atoms with E-state index in [4.69, 9.17) is 4.74 Å². The molecule has 1 atom stereocenters. The molecule has 0 aliphatic heterocycles. The van der Waals surface area contributed by atoms with Crippen LogP contribution in [0.3, 0.4) is 0 Å². The standard InChI is InChI=1S/C19H21FN2O3/c1-13(23)15-6-4-5-7-17(15)21-19(24)12-22(2)11-14-8-9-18(25-3)16(20)10-14/h4-10H,11-12H2,1-3H3,(H,21,24)/p+1. The average Bonchev–Trinajstić information content (AvgIpc) is 2.55. The van der Waals surface area contributed by atoms with E-state index in [0.717, 1.165) is 10.5 Å². The first-order valence-electron chi connectivity index (χ1n) is 7.94. The van der Waals surface area contributed by atoms with Gasteiger partial charge < -0.3 is 15.0 Å². The van der Waals surface area contributed by atoms with Gasteiger partial charge in [-0.05, 0) is 37.3 Å². The first-order chi connectivity index (χ1) is 11.9. The number of Topliss-reactive ketones (excluding diaryl/α,β-unsaturated/α-hetero) is 1. The molecule has 2 aromatic rings. The van der Waals surface area contributed by atoms with Crippen LogP contribution in [0, 0.1) is 5.82 Å². The fourth-order valence-corrected chi connectivity index (χ4v) is 2.60. The molecule has 0 heterocycles. The van der Waals surface area contributed by atoms with Crippen molar-refractivity contribution >= 4 is 17.4 Å². The number of carbonyl (C=O) groups excluding carboxylic acids is 2. The van der Waals surface area contributed by atoms with Crippen molar-refractivity contribution in [2.24, 2.45) is 0 Å². The Morgan fingerprint density at radius 2 is 1.92 bits per heavy atom. The van der Waals surface area contributed by atoms with Crippen LogP contribution < -0.4 is 15.0 Å². The Morgan fingerprint density at radius 3 is 2.56 bits per heavy atom. The average molecular weight is 345 g/mol. The van der Waals surface area contributed by atoms with Crippen LogP contribution in [0.2, 0.25) is 0 Å². The first kappa shape index (κ1) is 18.6. The van der Waals surface area contributed by atoms with E-state index in [1.807, 2.05) is 7.05 Å². The van der Waals surface area contributed by atoms with Crippen molar-refractivity contribution in [1.29, 1.82) is 0 Å². The summed E-state index contributed by atoms with van der Waals surface area (Å²) in [5.74, 6) is -0.543. The van der Waals surface area contributed by atoms with E-state index in [0.29, 0.717) is 17.8 Å². The van der Waals surface area contributed by atoms with E-state index >= 15 is 0 Å². The van der Waals surface area contributed by atoms with E-state index < -0.39 is 5.82 Å². The number of carbonyl (C=O) groups is 2. The quantitative estimate of drug-likeness (QED) is 0.751. The van der Waals surface area contributed by atoms with E-state index in [1.54, 1.807) is 36.4 Å². The van der Waals surface area contributed by atoms with Gasteiger partial charge in [-0.3, -0.25) is 9.59 Å². The maximum absolute atomic E-state index is 13.7. The summed E-state index contributed by atoms with van der Waals surface area (Å²) in [6.07, 6.45) is 0. The highest BCUT2D eigenvalue weighted by Crippen LogP contribution is 2.17. The van der Waals surface area contributed by atoms with E-state index in [9.17, 15) is 14.0 Å². The molecule has 0 saturated heterocycles. The number of ketones is 1. The van der Waals surface area contributed by atoms with Gasteiger partial charge in [-0.2, -0.15) is 0 Å². The number of amides is 1. The number of anilines is 1. The molecule has 0 aliphatic carbocycles. The number of rotatable bonds is 7. The van der Waals surface area contributed by atoms with Crippen LogP contribution in [0.25, 0.3) is 0 Å². The summed E-state index contributed by atoms with van der Waals surface area (Å²) in [5, 5.41) is 2.76. The van der Waals surface area contributed by atoms with Crippen LogP contribution >= 0.6 is 0 Å². The lowest BCUT2D eigenvalue weighted by Gasteiger charge is -2.15. The van der Waals surface area contributed by atoms with Crippen LogP contribution in [-0.2, 0) is 11.3 Å². The molecule has 0 aromatic heterocycles. The van der Waals surface area contributed by atoms with Crippen molar-refractivity contribution in [2.45, 2.75) is 13.5 Å². The molecule has 0 radical (unpaired) electrons. The van der Waals surface area contributed by atoms with Gasteiger partial charge in [0.05, 0.1) is 19.8 Å². The maximum Gasteiger partial charge on any atom is 0.279 e. The molecule has 0 spiro atoms. The van der Waals surface area contributed by atoms with E-state index in [1.165, 1.54) is 20.1 Å². The summed E-state index contributed by atoms with van der Waals surface area (Å²) >= 11 is 0. The lowest BCUT2D eigenvalue weighted by atomic mass is 10.1. The van der Waals surface area contributed by atoms with E-state index in [2.05, 4.69) is 5.32 Å². The Morgan fingerprint density at radius 1 is 1.20 bits per heavy atom. The molecule has 2 rings (SSSR count). The Bertz CT molecular complexity index is 777. The normalized spacial score (nSPS) is 11.7. The number of nitrogens with one attached hydrogen (secondary N) is 2. The third-order valence-corrected chi connectivity index (χ3v) is 3.76. The zero-order valence-corrected chi connectivity index (χ0v) is 14.6. The topological polar surface area (TPSA) is 59.8 Å². The van der Waals surface area contributed by atoms with Crippen molar-refractivity contribution in [3.63, 3.8) is 0 Å². The van der Waals surface area contributed by atoms with Gasteiger partial charge in [0.25, 0.3) is 5.91 Å². The molecule has 1 unspecified atom stereocenters. The smallest absolute Gasteiger partial charge is 0.279 e. The highest BCUT2D eigenvalue weighted by atomic mass is 19.1. The van der Waals surface area contributed by atoms with Gasteiger partial charge in [-0.15, -0.1) is 0 Å². The SMILES string of the molecule is COc1ccc(C[NH+](C)CC(=O)Nc2ccccc2C(C)=O)cc1F. The molecule has 5 nitrogen and oxygen atoms in total. The number of likely N-dealkylation sites (N-methyl/N-ethyl adjacent to an activating group) is 1. The van der Waals surface area contributed by atoms with Crippen LogP contribution in [0.1, 0.15) is 22.8 Å². The molecule has 0 bridgehead atoms. The predicted octanol–water partition coefficient (Wildman–Crippen LogP) is 1.69. The zero-order chi connectivity index (χ0) is 18.4. The first-order valence-corrected chi connectivity index (χ1v) is 7.94. The molecule has 132 valence electrons. The van der Waals surface area contributed by atoms with Crippen molar-refractivity contribution in [1.82, 2.24) is 0 Å². The summed E-state index contributed by atoms with van der Waals surface area (Å²) < 4.78 is 18.6. The molecule has 0 aliphatic rings. The molecule has 1 amide bonds. The van der Waals surface area contributed by atoms with Crippen molar-refractivity contribution in [3.05, 3.63) is 59.4 Å². The Hall–Kier alpha value is -2.73. The van der Waals surface area contributed by atoms with Gasteiger partial charge in [0.2, 0.25) is 0 Å². The summed E-state index contributed by atoms with van der Waals surface area (Å²) in [7, 11) is 3.26. The van der Waals surface area contributed by atoms with Crippen molar-refractivity contribution < 1.29 is 23.6 Å². The number of ether oxygens (including phenoxy) is 1. The molecule has 0 saturated carbocycles. The monoisotopic (exact) mass is 345 g/mol. The second-order valence-corrected chi connectivity index (χ2v) is 5.93. The minimum atomic E-state index is -0.423. The minimum Gasteiger partial charge on any atom is -0.494 e. The number of benzene rings is 2. The van der Waals surface area contributed by atoms with Gasteiger partial charge in [-0.1, -0.05) is 12.1 Å². The fourth-order valence-electron chi connectivity index (χ4n) is 2.60. The highest BCUT2D eigenvalue weighted by molar-refractivity contribution is 6.03. The second-order valence-electron chi connectivity index (χ2n) is 5.93. The molecular weight excluding hydrogens is 323 g/mol. The van der Waals surface area contributed by atoms with Crippen molar-refractivity contribution in [3.8, 4) is 5.75 Å². The van der Waals surface area contributed by atoms with Gasteiger partial charge in [0.15, 0.2) is 23.9 Å². The predicted molar refractivity (Wildman–Crippen MR) is 93.5 cm³/mol. The third-order valence-electron chi connectivity index (χ3n) is 3.76. The second kappa shape index (κ2) is 8.39. The largest absolute Gasteiger partial charge is 0.494 e. The van der Waals surface area contributed by atoms with Crippen LogP contribution in [0.5, 0.6) is 5.75 Å². The minimum absolute atomic E-state index is 0.106. The summed E-state index contributed by atoms with van der Waals surface area (Å²) in [4.78, 5) is 24.7. The Kier molecular flexibility index (Phi) is 6.25. The van der Waals surface area contributed by atoms with E-state index in [-0.39, 0.29) is 24.0 Å². The number of quaternary nitrogens is 1. The molecule has 25 heavy (non-hydrogen) atoms. The number of halogens is 1. The number of methoxy groups -OCH3 is 1. The number of hydrogen-bond donors (Lipinski definition) is 2. The molecular formula is C19H22FN2O3+. The highest BCUT2D eigenvalue weighted by Gasteiger charge is 2.14. The zero-order valence-electron chi connectivity index (χ0n) is 14.6. The van der Waals surface area contributed by atoms with Gasteiger partial charge in [0, 0.05) is 11.1 Å². The summed E-state index contributed by atoms with van der Waals surface area (Å²) in [6.45, 7) is 2.14. The molecule has 2 aromatic carbocycles. The van der Waals surface area contributed by atoms with Crippen LogP contribution in [-0.4, -0.2) is 32.4 Å². The number of para-hydroxylation sites is 1. The maximum atomic E-state index is 13.7. The lowest BCUT2D eigenvalue weighted by molar-refractivity contribution is -0.885. The summed E-state index contributed by atoms with van der Waals surface area (Å²) in [5.41, 5.74) is 1.75. The lowest BCUT2D eigenvalue weighted by Crippen LogP contribution is -3.08. The summed E-state index contributed by atoms with van der Waals surface area (Å²) in [6, 6.07) is 11.6. The van der Waals surface area contributed by atoms with Crippen LogP contribution in [0.15, 0.2) is 42.5 Å². The van der Waals surface area contributed by atoms with Gasteiger partial charge >= 0.3 is 0 Å². The number of hydrogen-bond acceptors (Lipinski definition) is 3. The molecule has 0 fully saturated rings. The molecule has 2 N–H and O–H groups in total. The van der Waals surface area contributed by atoms with Gasteiger partial charge in [-0.25, -0.2) is 4.39 Å². The van der Waals surface area contributed by atoms with Crippen LogP contribution in [0.4, 0.5) is 10.1 Å². The Labute approximate surface area is 146 Å². The fraction of sp³-hybridized carbons (Fsp3) is 0.263. The van der Waals surface area contributed by atoms with Gasteiger partial charge in [0.1, 0.15) is 6.54 Å².